The molecule has 0 saturated carbocycles. The molecule has 3 amide bonds. The van der Waals surface area contributed by atoms with Crippen LogP contribution in [0.4, 0.5) is 5.69 Å². The van der Waals surface area contributed by atoms with Gasteiger partial charge in [0.1, 0.15) is 11.8 Å². The van der Waals surface area contributed by atoms with E-state index in [4.69, 9.17) is 9.15 Å². The van der Waals surface area contributed by atoms with Gasteiger partial charge < -0.3 is 25.1 Å². The van der Waals surface area contributed by atoms with Crippen LogP contribution in [-0.4, -0.2) is 30.9 Å². The molecule has 0 radical (unpaired) electrons. The summed E-state index contributed by atoms with van der Waals surface area (Å²) in [5.74, 6) is -0.177. The predicted octanol–water partition coefficient (Wildman–Crippen LogP) is 3.61. The monoisotopic (exact) mass is 449 g/mol. The molecule has 172 valence electrons. The third-order valence-corrected chi connectivity index (χ3v) is 5.01. The third kappa shape index (κ3) is 6.46. The number of rotatable bonds is 9. The predicted molar refractivity (Wildman–Crippen MR) is 124 cm³/mol. The van der Waals surface area contributed by atoms with Crippen molar-refractivity contribution >= 4 is 23.4 Å². The summed E-state index contributed by atoms with van der Waals surface area (Å²) in [6.45, 7) is 4.02. The zero-order chi connectivity index (χ0) is 23.8. The first-order valence-corrected chi connectivity index (χ1v) is 10.5. The number of anilines is 1. The lowest BCUT2D eigenvalue weighted by atomic mass is 10.0. The van der Waals surface area contributed by atoms with Gasteiger partial charge in [-0.1, -0.05) is 26.0 Å². The Hall–Kier alpha value is -4.07. The van der Waals surface area contributed by atoms with Crippen LogP contribution in [0.2, 0.25) is 0 Å². The average molecular weight is 450 g/mol. The smallest absolute Gasteiger partial charge is 0.291 e. The van der Waals surface area contributed by atoms with Crippen LogP contribution in [0.3, 0.4) is 0 Å². The molecule has 2 aromatic carbocycles. The second-order valence-corrected chi connectivity index (χ2v) is 7.77. The Labute approximate surface area is 192 Å². The number of hydrogen-bond acceptors (Lipinski definition) is 5. The van der Waals surface area contributed by atoms with E-state index in [9.17, 15) is 14.4 Å². The van der Waals surface area contributed by atoms with Crippen molar-refractivity contribution in [1.82, 2.24) is 10.6 Å². The normalized spacial score (nSPS) is 11.5. The molecule has 0 fully saturated rings. The molecule has 0 spiro atoms. The largest absolute Gasteiger partial charge is 0.497 e. The van der Waals surface area contributed by atoms with Crippen LogP contribution in [0.5, 0.6) is 5.75 Å². The molecule has 1 unspecified atom stereocenters. The number of methoxy groups -OCH3 is 1. The highest BCUT2D eigenvalue weighted by molar-refractivity contribution is 6.02. The first-order chi connectivity index (χ1) is 15.9. The van der Waals surface area contributed by atoms with Gasteiger partial charge in [0.15, 0.2) is 5.76 Å². The van der Waals surface area contributed by atoms with Crippen molar-refractivity contribution in [3.63, 3.8) is 0 Å². The lowest BCUT2D eigenvalue weighted by Crippen LogP contribution is -2.49. The van der Waals surface area contributed by atoms with Crippen molar-refractivity contribution in [2.24, 2.45) is 5.92 Å². The second kappa shape index (κ2) is 11.0. The van der Waals surface area contributed by atoms with Gasteiger partial charge >= 0.3 is 0 Å². The highest BCUT2D eigenvalue weighted by Crippen LogP contribution is 2.14. The van der Waals surface area contributed by atoms with Gasteiger partial charge in [-0.25, -0.2) is 0 Å². The maximum absolute atomic E-state index is 12.8. The maximum atomic E-state index is 12.8. The van der Waals surface area contributed by atoms with Crippen molar-refractivity contribution in [3.8, 4) is 5.75 Å². The summed E-state index contributed by atoms with van der Waals surface area (Å²) < 4.78 is 10.2. The van der Waals surface area contributed by atoms with Crippen LogP contribution in [0.15, 0.2) is 71.3 Å². The SMILES string of the molecule is COc1ccc(C(=O)NC(C(=O)NCc2ccc(NC(=O)c3ccco3)cc2)C(C)C)cc1. The van der Waals surface area contributed by atoms with E-state index in [-0.39, 0.29) is 35.9 Å². The minimum absolute atomic E-state index is 0.105. The zero-order valence-electron chi connectivity index (χ0n) is 18.8. The Bertz CT molecular complexity index is 1070. The number of carbonyl (C=O) groups is 3. The standard InChI is InChI=1S/C25H27N3O5/c1-16(2)22(28-23(29)18-8-12-20(32-3)13-9-18)25(31)26-15-17-6-10-19(11-7-17)27-24(30)21-5-4-14-33-21/h4-14,16,22H,15H2,1-3H3,(H,26,31)(H,27,30)(H,28,29). The van der Waals surface area contributed by atoms with Gasteiger partial charge in [0.2, 0.25) is 5.91 Å². The Morgan fingerprint density at radius 1 is 0.939 bits per heavy atom. The van der Waals surface area contributed by atoms with E-state index >= 15 is 0 Å². The Balaban J connectivity index is 1.54. The number of ether oxygens (including phenoxy) is 1. The summed E-state index contributed by atoms with van der Waals surface area (Å²) in [5, 5.41) is 8.40. The van der Waals surface area contributed by atoms with Crippen LogP contribution in [0.25, 0.3) is 0 Å². The molecule has 0 aliphatic carbocycles. The topological polar surface area (TPSA) is 110 Å². The number of benzene rings is 2. The number of furan rings is 1. The van der Waals surface area contributed by atoms with Crippen LogP contribution in [0, 0.1) is 5.92 Å². The summed E-state index contributed by atoms with van der Waals surface area (Å²) in [6, 6.07) is 16.3. The van der Waals surface area contributed by atoms with Crippen LogP contribution in [-0.2, 0) is 11.3 Å². The van der Waals surface area contributed by atoms with Crippen LogP contribution in [0.1, 0.15) is 40.3 Å². The van der Waals surface area contributed by atoms with E-state index in [0.717, 1.165) is 5.56 Å². The van der Waals surface area contributed by atoms with Gasteiger partial charge in [-0.2, -0.15) is 0 Å². The third-order valence-electron chi connectivity index (χ3n) is 5.01. The number of carbonyl (C=O) groups excluding carboxylic acids is 3. The van der Waals surface area contributed by atoms with E-state index < -0.39 is 6.04 Å². The van der Waals surface area contributed by atoms with Crippen molar-refractivity contribution in [3.05, 3.63) is 83.8 Å². The summed E-state index contributed by atoms with van der Waals surface area (Å²) in [7, 11) is 1.55. The van der Waals surface area contributed by atoms with Crippen molar-refractivity contribution in [1.29, 1.82) is 0 Å². The van der Waals surface area contributed by atoms with Gasteiger partial charge in [0, 0.05) is 17.8 Å². The number of hydrogen-bond donors (Lipinski definition) is 3. The fourth-order valence-corrected chi connectivity index (χ4v) is 3.11. The number of nitrogens with one attached hydrogen (secondary N) is 3. The van der Waals surface area contributed by atoms with Crippen molar-refractivity contribution in [2.45, 2.75) is 26.4 Å². The maximum Gasteiger partial charge on any atom is 0.291 e. The van der Waals surface area contributed by atoms with Gasteiger partial charge in [0.25, 0.3) is 11.8 Å². The highest BCUT2D eigenvalue weighted by Gasteiger charge is 2.24. The lowest BCUT2D eigenvalue weighted by Gasteiger charge is -2.22. The minimum atomic E-state index is -0.688. The quantitative estimate of drug-likeness (QED) is 0.462. The van der Waals surface area contributed by atoms with Crippen LogP contribution >= 0.6 is 0 Å². The second-order valence-electron chi connectivity index (χ2n) is 7.77. The molecule has 0 saturated heterocycles. The Morgan fingerprint density at radius 2 is 1.64 bits per heavy atom. The number of amides is 3. The first kappa shape index (κ1) is 23.6. The fourth-order valence-electron chi connectivity index (χ4n) is 3.11. The van der Waals surface area contributed by atoms with Gasteiger partial charge in [-0.3, -0.25) is 14.4 Å². The van der Waals surface area contributed by atoms with Crippen molar-refractivity contribution in [2.75, 3.05) is 12.4 Å². The molecular formula is C25H27N3O5. The molecule has 0 aliphatic heterocycles. The van der Waals surface area contributed by atoms with Gasteiger partial charge in [-0.05, 0) is 60.0 Å². The first-order valence-electron chi connectivity index (χ1n) is 10.5. The van der Waals surface area contributed by atoms with E-state index in [2.05, 4.69) is 16.0 Å². The minimum Gasteiger partial charge on any atom is -0.497 e. The molecule has 1 aromatic heterocycles. The summed E-state index contributed by atoms with van der Waals surface area (Å²) in [6.07, 6.45) is 1.44. The molecule has 1 atom stereocenters. The zero-order valence-corrected chi connectivity index (χ0v) is 18.8. The lowest BCUT2D eigenvalue weighted by molar-refractivity contribution is -0.124. The van der Waals surface area contributed by atoms with Crippen molar-refractivity contribution < 1.29 is 23.5 Å². The van der Waals surface area contributed by atoms with E-state index in [1.54, 1.807) is 67.8 Å². The van der Waals surface area contributed by atoms with Gasteiger partial charge in [-0.15, -0.1) is 0 Å². The highest BCUT2D eigenvalue weighted by atomic mass is 16.5. The molecule has 0 aliphatic rings. The molecule has 3 aromatic rings. The summed E-state index contributed by atoms with van der Waals surface area (Å²) in [5.41, 5.74) is 1.91. The van der Waals surface area contributed by atoms with E-state index in [0.29, 0.717) is 17.0 Å². The Kier molecular flexibility index (Phi) is 7.86. The fraction of sp³-hybridized carbons (Fsp3) is 0.240. The van der Waals surface area contributed by atoms with E-state index in [1.165, 1.54) is 6.26 Å². The molecule has 3 rings (SSSR count). The molecule has 8 heteroatoms. The summed E-state index contributed by atoms with van der Waals surface area (Å²) in [4.78, 5) is 37.4. The average Bonchev–Trinajstić information content (AvgIpc) is 3.37. The molecule has 3 N–H and O–H groups in total. The van der Waals surface area contributed by atoms with Gasteiger partial charge in [0.05, 0.1) is 13.4 Å². The van der Waals surface area contributed by atoms with E-state index in [1.807, 2.05) is 13.8 Å². The molecular weight excluding hydrogens is 422 g/mol. The summed E-state index contributed by atoms with van der Waals surface area (Å²) >= 11 is 0. The molecule has 33 heavy (non-hydrogen) atoms. The molecule has 0 bridgehead atoms. The Morgan fingerprint density at radius 3 is 2.21 bits per heavy atom. The van der Waals surface area contributed by atoms with Crippen LogP contribution < -0.4 is 20.7 Å². The molecule has 8 nitrogen and oxygen atoms in total. The molecule has 1 heterocycles.